The summed E-state index contributed by atoms with van der Waals surface area (Å²) in [6.45, 7) is 3.42. The molecule has 1 aromatic rings. The maximum atomic E-state index is 12.3. The average molecular weight is 378 g/mol. The fourth-order valence-corrected chi connectivity index (χ4v) is 2.68. The van der Waals surface area contributed by atoms with Gasteiger partial charge in [0.15, 0.2) is 6.10 Å². The third kappa shape index (κ3) is 5.16. The highest BCUT2D eigenvalue weighted by Gasteiger charge is 2.26. The van der Waals surface area contributed by atoms with Crippen LogP contribution in [0.3, 0.4) is 0 Å². The van der Waals surface area contributed by atoms with Gasteiger partial charge in [0.25, 0.3) is 5.91 Å². The van der Waals surface area contributed by atoms with Gasteiger partial charge in [-0.2, -0.15) is 0 Å². The molecule has 1 atom stereocenters. The van der Waals surface area contributed by atoms with E-state index in [4.69, 9.17) is 4.74 Å². The minimum Gasteiger partial charge on any atom is -0.481 e. The molecule has 1 aromatic carbocycles. The van der Waals surface area contributed by atoms with Crippen molar-refractivity contribution in [2.45, 2.75) is 31.9 Å². The van der Waals surface area contributed by atoms with Crippen molar-refractivity contribution in [3.63, 3.8) is 0 Å². The summed E-state index contributed by atoms with van der Waals surface area (Å²) in [5.41, 5.74) is 0. The lowest BCUT2D eigenvalue weighted by Crippen LogP contribution is -2.48. The Kier molecular flexibility index (Phi) is 7.49. The first-order chi connectivity index (χ1) is 9.60. The molecule has 0 saturated carbocycles. The summed E-state index contributed by atoms with van der Waals surface area (Å²) in [4.78, 5) is 14.2. The second-order valence-corrected chi connectivity index (χ2v) is 6.02. The Labute approximate surface area is 140 Å². The number of piperidine rings is 1. The summed E-state index contributed by atoms with van der Waals surface area (Å²) in [7, 11) is 1.97. The van der Waals surface area contributed by atoms with Crippen molar-refractivity contribution in [1.82, 2.24) is 10.2 Å². The first kappa shape index (κ1) is 18.3. The first-order valence-electron chi connectivity index (χ1n) is 6.98. The van der Waals surface area contributed by atoms with Gasteiger partial charge in [-0.15, -0.1) is 12.4 Å². The average Bonchev–Trinajstić information content (AvgIpc) is 2.49. The van der Waals surface area contributed by atoms with Crippen LogP contribution in [0, 0.1) is 0 Å². The van der Waals surface area contributed by atoms with Crippen LogP contribution >= 0.6 is 28.3 Å². The molecule has 1 heterocycles. The molecule has 118 valence electrons. The molecule has 2 rings (SSSR count). The second kappa shape index (κ2) is 8.61. The Hall–Kier alpha value is -0.780. The molecule has 0 aromatic heterocycles. The maximum Gasteiger partial charge on any atom is 0.263 e. The normalized spacial score (nSPS) is 17.0. The van der Waals surface area contributed by atoms with Crippen molar-refractivity contribution in [2.24, 2.45) is 0 Å². The molecule has 1 saturated heterocycles. The summed E-state index contributed by atoms with van der Waals surface area (Å²) in [5.74, 6) is 0.793. The largest absolute Gasteiger partial charge is 0.481 e. The molecule has 1 unspecified atom stereocenters. The topological polar surface area (TPSA) is 41.6 Å². The molecule has 1 amide bonds. The van der Waals surface area contributed by atoms with Crippen molar-refractivity contribution in [2.75, 3.05) is 20.1 Å². The number of ether oxygens (including phenoxy) is 1. The number of carbonyl (C=O) groups is 1. The van der Waals surface area contributed by atoms with E-state index in [2.05, 4.69) is 21.2 Å². The van der Waals surface area contributed by atoms with Gasteiger partial charge in [-0.25, -0.2) is 0 Å². The number of halogens is 2. The van der Waals surface area contributed by atoms with Crippen molar-refractivity contribution in [3.8, 4) is 5.75 Å². The number of nitrogens with one attached hydrogen (secondary N) is 1. The predicted molar refractivity (Wildman–Crippen MR) is 90.1 cm³/mol. The Morgan fingerprint density at radius 2 is 1.90 bits per heavy atom. The SMILES string of the molecule is CNC1CCN(C(=O)C(C)Oc2ccc(Br)cc2)CC1.Cl. The van der Waals surface area contributed by atoms with Crippen LogP contribution in [-0.4, -0.2) is 43.1 Å². The highest BCUT2D eigenvalue weighted by molar-refractivity contribution is 9.10. The van der Waals surface area contributed by atoms with E-state index in [1.807, 2.05) is 43.1 Å². The number of nitrogens with zero attached hydrogens (tertiary/aromatic N) is 1. The fraction of sp³-hybridized carbons (Fsp3) is 0.533. The zero-order valence-corrected chi connectivity index (χ0v) is 14.7. The summed E-state index contributed by atoms with van der Waals surface area (Å²) in [5, 5.41) is 3.26. The van der Waals surface area contributed by atoms with Gasteiger partial charge in [-0.05, 0) is 51.1 Å². The Morgan fingerprint density at radius 1 is 1.33 bits per heavy atom. The molecule has 0 aliphatic carbocycles. The van der Waals surface area contributed by atoms with Crippen LogP contribution in [0.15, 0.2) is 28.7 Å². The zero-order valence-electron chi connectivity index (χ0n) is 12.3. The molecular formula is C15H22BrClN2O2. The fourth-order valence-electron chi connectivity index (χ4n) is 2.41. The molecule has 1 fully saturated rings. The zero-order chi connectivity index (χ0) is 14.5. The number of amides is 1. The van der Waals surface area contributed by atoms with E-state index in [1.54, 1.807) is 0 Å². The summed E-state index contributed by atoms with van der Waals surface area (Å²) in [6.07, 6.45) is 1.57. The molecule has 21 heavy (non-hydrogen) atoms. The molecular weight excluding hydrogens is 356 g/mol. The highest BCUT2D eigenvalue weighted by Crippen LogP contribution is 2.18. The van der Waals surface area contributed by atoms with Crippen LogP contribution in [0.25, 0.3) is 0 Å². The van der Waals surface area contributed by atoms with Gasteiger partial charge < -0.3 is 15.0 Å². The van der Waals surface area contributed by atoms with Gasteiger partial charge in [-0.1, -0.05) is 15.9 Å². The van der Waals surface area contributed by atoms with Gasteiger partial charge in [-0.3, -0.25) is 4.79 Å². The minimum absolute atomic E-state index is 0. The lowest BCUT2D eigenvalue weighted by atomic mass is 10.0. The van der Waals surface area contributed by atoms with Crippen LogP contribution in [0.2, 0.25) is 0 Å². The van der Waals surface area contributed by atoms with Crippen molar-refractivity contribution < 1.29 is 9.53 Å². The molecule has 6 heteroatoms. The molecule has 1 N–H and O–H groups in total. The number of hydrogen-bond donors (Lipinski definition) is 1. The standard InChI is InChI=1S/C15H21BrN2O2.ClH/c1-11(20-14-5-3-12(16)4-6-14)15(19)18-9-7-13(17-2)8-10-18;/h3-6,11,13,17H,7-10H2,1-2H3;1H. The van der Waals surface area contributed by atoms with Gasteiger partial charge in [0.1, 0.15) is 5.75 Å². The van der Waals surface area contributed by atoms with Crippen LogP contribution in [0.4, 0.5) is 0 Å². The number of carbonyl (C=O) groups excluding carboxylic acids is 1. The minimum atomic E-state index is -0.442. The molecule has 1 aliphatic heterocycles. The monoisotopic (exact) mass is 376 g/mol. The van der Waals surface area contributed by atoms with Crippen LogP contribution < -0.4 is 10.1 Å². The van der Waals surface area contributed by atoms with Gasteiger partial charge >= 0.3 is 0 Å². The van der Waals surface area contributed by atoms with E-state index in [0.29, 0.717) is 6.04 Å². The summed E-state index contributed by atoms with van der Waals surface area (Å²) in [6, 6.07) is 8.07. The van der Waals surface area contributed by atoms with Crippen LogP contribution in [-0.2, 0) is 4.79 Å². The maximum absolute atomic E-state index is 12.3. The Morgan fingerprint density at radius 3 is 2.43 bits per heavy atom. The number of benzene rings is 1. The Bertz CT molecular complexity index is 447. The number of hydrogen-bond acceptors (Lipinski definition) is 3. The molecule has 0 bridgehead atoms. The van der Waals surface area contributed by atoms with Crippen molar-refractivity contribution >= 4 is 34.2 Å². The first-order valence-corrected chi connectivity index (χ1v) is 7.77. The molecule has 1 aliphatic rings. The van der Waals surface area contributed by atoms with Crippen LogP contribution in [0.5, 0.6) is 5.75 Å². The van der Waals surface area contributed by atoms with Gasteiger partial charge in [0.05, 0.1) is 0 Å². The van der Waals surface area contributed by atoms with Crippen molar-refractivity contribution in [3.05, 3.63) is 28.7 Å². The van der Waals surface area contributed by atoms with E-state index >= 15 is 0 Å². The second-order valence-electron chi connectivity index (χ2n) is 5.10. The smallest absolute Gasteiger partial charge is 0.263 e. The van der Waals surface area contributed by atoms with E-state index < -0.39 is 6.10 Å². The van der Waals surface area contributed by atoms with E-state index in [9.17, 15) is 4.79 Å². The number of likely N-dealkylation sites (tertiary alicyclic amines) is 1. The van der Waals surface area contributed by atoms with E-state index in [-0.39, 0.29) is 18.3 Å². The number of rotatable bonds is 4. The Balaban J connectivity index is 0.00000220. The summed E-state index contributed by atoms with van der Waals surface area (Å²) >= 11 is 3.38. The van der Waals surface area contributed by atoms with Crippen molar-refractivity contribution in [1.29, 1.82) is 0 Å². The quantitative estimate of drug-likeness (QED) is 0.877. The molecule has 4 nitrogen and oxygen atoms in total. The third-order valence-electron chi connectivity index (χ3n) is 3.69. The molecule has 0 spiro atoms. The predicted octanol–water partition coefficient (Wildman–Crippen LogP) is 2.85. The lowest BCUT2D eigenvalue weighted by Gasteiger charge is -2.33. The van der Waals surface area contributed by atoms with E-state index in [0.717, 1.165) is 36.2 Å². The third-order valence-corrected chi connectivity index (χ3v) is 4.22. The lowest BCUT2D eigenvalue weighted by molar-refractivity contribution is -0.139. The van der Waals surface area contributed by atoms with Gasteiger partial charge in [0.2, 0.25) is 0 Å². The molecule has 0 radical (unpaired) electrons. The summed E-state index contributed by atoms with van der Waals surface area (Å²) < 4.78 is 6.71. The van der Waals surface area contributed by atoms with Gasteiger partial charge in [0, 0.05) is 23.6 Å². The highest BCUT2D eigenvalue weighted by atomic mass is 79.9. The van der Waals surface area contributed by atoms with Crippen LogP contribution in [0.1, 0.15) is 19.8 Å². The van der Waals surface area contributed by atoms with E-state index in [1.165, 1.54) is 0 Å².